The molecule has 1 fully saturated rings. The minimum absolute atomic E-state index is 0.237. The van der Waals surface area contributed by atoms with Crippen molar-refractivity contribution >= 4 is 44.0 Å². The molecule has 1 aliphatic rings. The molecule has 0 amide bonds. The van der Waals surface area contributed by atoms with Crippen LogP contribution in [-0.2, 0) is 6.42 Å². The van der Waals surface area contributed by atoms with Crippen molar-refractivity contribution in [2.75, 3.05) is 36.8 Å². The number of hydrogen-bond donors (Lipinski definition) is 1. The molecule has 2 N–H and O–H groups in total. The van der Waals surface area contributed by atoms with Crippen molar-refractivity contribution in [3.63, 3.8) is 0 Å². The molecule has 3 aromatic rings. The van der Waals surface area contributed by atoms with E-state index in [1.165, 1.54) is 27.2 Å². The number of rotatable bonds is 4. The van der Waals surface area contributed by atoms with Gasteiger partial charge in [-0.15, -0.1) is 11.3 Å². The Morgan fingerprint density at radius 1 is 1.11 bits per heavy atom. The molecule has 1 aromatic carbocycles. The van der Waals surface area contributed by atoms with Crippen molar-refractivity contribution in [2.24, 2.45) is 0 Å². The van der Waals surface area contributed by atoms with E-state index in [2.05, 4.69) is 60.7 Å². The van der Waals surface area contributed by atoms with Crippen molar-refractivity contribution in [2.45, 2.75) is 52.5 Å². The molecule has 0 saturated carbocycles. The first-order valence-corrected chi connectivity index (χ1v) is 11.2. The second-order valence-electron chi connectivity index (χ2n) is 8.73. The average Bonchev–Trinajstić information content (AvgIpc) is 3.11. The Morgan fingerprint density at radius 3 is 2.54 bits per heavy atom. The number of nitrogens with zero attached hydrogens (tertiary/aromatic N) is 4. The minimum Gasteiger partial charge on any atom is -0.382 e. The zero-order valence-corrected chi connectivity index (χ0v) is 18.3. The lowest BCUT2D eigenvalue weighted by atomic mass is 10.0. The third-order valence-electron chi connectivity index (χ3n) is 5.72. The van der Waals surface area contributed by atoms with Gasteiger partial charge in [0.2, 0.25) is 0 Å². The van der Waals surface area contributed by atoms with Gasteiger partial charge in [0.15, 0.2) is 5.82 Å². The second-order valence-corrected chi connectivity index (χ2v) is 9.82. The molecule has 6 heteroatoms. The van der Waals surface area contributed by atoms with Gasteiger partial charge >= 0.3 is 0 Å². The van der Waals surface area contributed by atoms with E-state index < -0.39 is 0 Å². The van der Waals surface area contributed by atoms with Gasteiger partial charge < -0.3 is 10.6 Å². The van der Waals surface area contributed by atoms with E-state index in [1.54, 1.807) is 11.3 Å². The summed E-state index contributed by atoms with van der Waals surface area (Å²) in [7, 11) is 0. The largest absolute Gasteiger partial charge is 0.382 e. The van der Waals surface area contributed by atoms with Crippen LogP contribution in [0, 0.1) is 0 Å². The third-order valence-corrected chi connectivity index (χ3v) is 6.87. The van der Waals surface area contributed by atoms with E-state index in [9.17, 15) is 0 Å². The van der Waals surface area contributed by atoms with E-state index in [4.69, 9.17) is 10.7 Å². The molecule has 4 rings (SSSR count). The summed E-state index contributed by atoms with van der Waals surface area (Å²) < 4.78 is 1.18. The Kier molecular flexibility index (Phi) is 5.19. The van der Waals surface area contributed by atoms with Crippen LogP contribution in [-0.4, -0.2) is 46.6 Å². The smallest absolute Gasteiger partial charge is 0.151 e. The Balaban J connectivity index is 1.67. The molecular formula is C22H31N5S. The highest BCUT2D eigenvalue weighted by molar-refractivity contribution is 7.19. The van der Waals surface area contributed by atoms with E-state index in [1.807, 2.05) is 0 Å². The number of anilines is 2. The highest BCUT2D eigenvalue weighted by Crippen LogP contribution is 2.35. The van der Waals surface area contributed by atoms with Crippen LogP contribution in [0.1, 0.15) is 45.5 Å². The fourth-order valence-corrected chi connectivity index (χ4v) is 5.11. The molecule has 0 unspecified atom stereocenters. The third kappa shape index (κ3) is 3.67. The molecule has 5 nitrogen and oxygen atoms in total. The number of hydrogen-bond acceptors (Lipinski definition) is 6. The number of benzene rings is 1. The molecule has 2 aromatic heterocycles. The number of nitrogens with two attached hydrogens (primary N) is 1. The van der Waals surface area contributed by atoms with Gasteiger partial charge in [-0.05, 0) is 51.8 Å². The highest BCUT2D eigenvalue weighted by Gasteiger charge is 2.26. The van der Waals surface area contributed by atoms with E-state index in [-0.39, 0.29) is 5.54 Å². The van der Waals surface area contributed by atoms with Crippen LogP contribution in [0.3, 0.4) is 0 Å². The van der Waals surface area contributed by atoms with Gasteiger partial charge in [-0.1, -0.05) is 13.3 Å². The number of thiazole rings is 1. The van der Waals surface area contributed by atoms with Gasteiger partial charge in [0, 0.05) is 42.8 Å². The average molecular weight is 398 g/mol. The first-order valence-electron chi connectivity index (χ1n) is 10.4. The molecule has 0 spiro atoms. The minimum atomic E-state index is 0.237. The quantitative estimate of drug-likeness (QED) is 0.692. The lowest BCUT2D eigenvalue weighted by Crippen LogP contribution is -2.53. The molecular weight excluding hydrogens is 366 g/mol. The van der Waals surface area contributed by atoms with Gasteiger partial charge in [0.1, 0.15) is 5.52 Å². The lowest BCUT2D eigenvalue weighted by molar-refractivity contribution is 0.128. The number of aromatic nitrogens is 2. The monoisotopic (exact) mass is 397 g/mol. The summed E-state index contributed by atoms with van der Waals surface area (Å²) in [4.78, 5) is 14.5. The van der Waals surface area contributed by atoms with Crippen LogP contribution in [0.15, 0.2) is 18.2 Å². The molecule has 0 radical (unpaired) electrons. The number of pyridine rings is 1. The fraction of sp³-hybridized carbons (Fsp3) is 0.545. The summed E-state index contributed by atoms with van der Waals surface area (Å²) in [6, 6.07) is 6.59. The number of fused-ring (bicyclic) bond motifs is 3. The van der Waals surface area contributed by atoms with E-state index >= 15 is 0 Å². The number of unbranched alkanes of at least 4 members (excludes halogenated alkanes) is 1. The molecule has 0 atom stereocenters. The molecule has 1 saturated heterocycles. The standard InChI is InChI=1S/C22H31N5S/c1-5-6-7-18-25-19-20(28-18)16-14-15(8-9-17(16)24-21(19)23)26-10-12-27(13-11-26)22(2,3)4/h8-9,14H,5-7,10-13H2,1-4H3,(H2,23,24). The van der Waals surface area contributed by atoms with Crippen LogP contribution in [0.2, 0.25) is 0 Å². The van der Waals surface area contributed by atoms with E-state index in [0.717, 1.165) is 50.1 Å². The summed E-state index contributed by atoms with van der Waals surface area (Å²) >= 11 is 1.78. The predicted molar refractivity (Wildman–Crippen MR) is 121 cm³/mol. The summed E-state index contributed by atoms with van der Waals surface area (Å²) in [6.07, 6.45) is 3.36. The molecule has 28 heavy (non-hydrogen) atoms. The summed E-state index contributed by atoms with van der Waals surface area (Å²) in [5, 5.41) is 2.35. The Hall–Kier alpha value is -1.92. The Labute approximate surface area is 171 Å². The fourth-order valence-electron chi connectivity index (χ4n) is 3.97. The van der Waals surface area contributed by atoms with Crippen molar-refractivity contribution < 1.29 is 0 Å². The zero-order valence-electron chi connectivity index (χ0n) is 17.5. The molecule has 1 aliphatic heterocycles. The van der Waals surface area contributed by atoms with Crippen LogP contribution < -0.4 is 10.6 Å². The highest BCUT2D eigenvalue weighted by atomic mass is 32.1. The van der Waals surface area contributed by atoms with Gasteiger partial charge in [-0.25, -0.2) is 9.97 Å². The van der Waals surface area contributed by atoms with Gasteiger partial charge in [0.25, 0.3) is 0 Å². The summed E-state index contributed by atoms with van der Waals surface area (Å²) in [5.74, 6) is 0.549. The maximum Gasteiger partial charge on any atom is 0.151 e. The Bertz CT molecular complexity index is 980. The second kappa shape index (κ2) is 7.48. The first-order chi connectivity index (χ1) is 13.4. The van der Waals surface area contributed by atoms with Crippen LogP contribution >= 0.6 is 11.3 Å². The van der Waals surface area contributed by atoms with Gasteiger partial charge in [-0.2, -0.15) is 0 Å². The van der Waals surface area contributed by atoms with E-state index in [0.29, 0.717) is 5.82 Å². The number of piperazine rings is 1. The number of nitrogen functional groups attached to an aromatic ring is 1. The maximum absolute atomic E-state index is 6.22. The first kappa shape index (κ1) is 19.4. The molecule has 0 bridgehead atoms. The molecule has 0 aliphatic carbocycles. The SMILES string of the molecule is CCCCc1nc2c(N)nc3ccc(N4CCN(C(C)(C)C)CC4)cc3c2s1. The van der Waals surface area contributed by atoms with Crippen LogP contribution in [0.5, 0.6) is 0 Å². The van der Waals surface area contributed by atoms with Crippen molar-refractivity contribution in [3.05, 3.63) is 23.2 Å². The summed E-state index contributed by atoms with van der Waals surface area (Å²) in [5.41, 5.74) is 9.57. The van der Waals surface area contributed by atoms with Crippen LogP contribution in [0.4, 0.5) is 11.5 Å². The number of aryl methyl sites for hydroxylation is 1. The topological polar surface area (TPSA) is 58.3 Å². The lowest BCUT2D eigenvalue weighted by Gasteiger charge is -2.43. The summed E-state index contributed by atoms with van der Waals surface area (Å²) in [6.45, 7) is 13.4. The zero-order chi connectivity index (χ0) is 19.9. The Morgan fingerprint density at radius 2 is 1.86 bits per heavy atom. The molecule has 3 heterocycles. The van der Waals surface area contributed by atoms with Crippen molar-refractivity contribution in [1.82, 2.24) is 14.9 Å². The van der Waals surface area contributed by atoms with Gasteiger partial charge in [0.05, 0.1) is 15.2 Å². The molecule has 150 valence electrons. The van der Waals surface area contributed by atoms with Gasteiger partial charge in [-0.3, -0.25) is 4.90 Å². The van der Waals surface area contributed by atoms with Crippen molar-refractivity contribution in [3.8, 4) is 0 Å². The maximum atomic E-state index is 6.22. The predicted octanol–water partition coefficient (Wildman–Crippen LogP) is 4.69. The van der Waals surface area contributed by atoms with Crippen LogP contribution in [0.25, 0.3) is 21.1 Å². The normalized spacial score (nSPS) is 16.4. The van der Waals surface area contributed by atoms with Crippen molar-refractivity contribution in [1.29, 1.82) is 0 Å².